The SMILES string of the molecule is C=C(C)Sn1ccc2c(-c3sc(C)cc3-c3cccnc3)ccnc21. The lowest BCUT2D eigenvalue weighted by atomic mass is 10.0. The summed E-state index contributed by atoms with van der Waals surface area (Å²) in [5, 5.41) is 1.16. The van der Waals surface area contributed by atoms with Crippen molar-refractivity contribution in [1.82, 2.24) is 13.9 Å². The van der Waals surface area contributed by atoms with Crippen molar-refractivity contribution in [3.05, 3.63) is 71.5 Å². The molecule has 4 aromatic heterocycles. The van der Waals surface area contributed by atoms with Gasteiger partial charge in [-0.25, -0.2) is 4.98 Å². The van der Waals surface area contributed by atoms with Gasteiger partial charge in [-0.15, -0.1) is 11.3 Å². The van der Waals surface area contributed by atoms with Crippen LogP contribution in [0.25, 0.3) is 32.6 Å². The highest BCUT2D eigenvalue weighted by Crippen LogP contribution is 2.42. The van der Waals surface area contributed by atoms with Crippen molar-refractivity contribution in [2.75, 3.05) is 0 Å². The number of nitrogens with zero attached hydrogens (tertiary/aromatic N) is 3. The average Bonchev–Trinajstić information content (AvgIpc) is 3.19. The monoisotopic (exact) mass is 363 g/mol. The van der Waals surface area contributed by atoms with E-state index in [2.05, 4.69) is 57.9 Å². The summed E-state index contributed by atoms with van der Waals surface area (Å²) in [5.41, 5.74) is 4.54. The molecule has 0 atom stereocenters. The molecule has 5 heteroatoms. The first kappa shape index (κ1) is 16.1. The molecule has 0 aromatic carbocycles. The molecule has 4 aromatic rings. The van der Waals surface area contributed by atoms with Gasteiger partial charge >= 0.3 is 0 Å². The predicted molar refractivity (Wildman–Crippen MR) is 109 cm³/mol. The molecule has 124 valence electrons. The van der Waals surface area contributed by atoms with Gasteiger partial charge in [-0.3, -0.25) is 8.96 Å². The van der Waals surface area contributed by atoms with Gasteiger partial charge in [0.05, 0.1) is 0 Å². The fourth-order valence-corrected chi connectivity index (χ4v) is 4.67. The van der Waals surface area contributed by atoms with Gasteiger partial charge in [-0.2, -0.15) is 0 Å². The van der Waals surface area contributed by atoms with Crippen molar-refractivity contribution in [3.8, 4) is 21.6 Å². The van der Waals surface area contributed by atoms with Crippen molar-refractivity contribution >= 4 is 34.3 Å². The number of fused-ring (bicyclic) bond motifs is 1. The molecule has 0 amide bonds. The largest absolute Gasteiger partial charge is 0.271 e. The first-order valence-corrected chi connectivity index (χ1v) is 9.53. The zero-order valence-electron chi connectivity index (χ0n) is 14.1. The van der Waals surface area contributed by atoms with E-state index in [4.69, 9.17) is 0 Å². The minimum absolute atomic E-state index is 0.966. The first-order chi connectivity index (χ1) is 12.1. The van der Waals surface area contributed by atoms with E-state index in [1.165, 1.54) is 20.9 Å². The number of hydrogen-bond donors (Lipinski definition) is 0. The molecule has 0 saturated heterocycles. The van der Waals surface area contributed by atoms with E-state index in [0.29, 0.717) is 0 Å². The quantitative estimate of drug-likeness (QED) is 0.435. The highest BCUT2D eigenvalue weighted by molar-refractivity contribution is 8.01. The summed E-state index contributed by atoms with van der Waals surface area (Å²) < 4.78 is 2.07. The second-order valence-corrected chi connectivity index (χ2v) is 8.40. The first-order valence-electron chi connectivity index (χ1n) is 7.94. The van der Waals surface area contributed by atoms with E-state index in [9.17, 15) is 0 Å². The molecule has 25 heavy (non-hydrogen) atoms. The molecule has 4 heterocycles. The highest BCUT2D eigenvalue weighted by Gasteiger charge is 2.16. The maximum Gasteiger partial charge on any atom is 0.150 e. The molecular formula is C20H17N3S2. The lowest BCUT2D eigenvalue weighted by molar-refractivity contribution is 1.26. The molecule has 3 nitrogen and oxygen atoms in total. The molecule has 0 aliphatic rings. The Morgan fingerprint density at radius 3 is 2.84 bits per heavy atom. The van der Waals surface area contributed by atoms with Crippen molar-refractivity contribution in [3.63, 3.8) is 0 Å². The number of aromatic nitrogens is 3. The minimum Gasteiger partial charge on any atom is -0.271 e. The third-order valence-corrected chi connectivity index (χ3v) is 5.77. The molecule has 0 unspecified atom stereocenters. The fraction of sp³-hybridized carbons (Fsp3) is 0.100. The van der Waals surface area contributed by atoms with Crippen LogP contribution < -0.4 is 0 Å². The van der Waals surface area contributed by atoms with Crippen LogP contribution in [0.5, 0.6) is 0 Å². The molecule has 0 aliphatic heterocycles. The number of thiophene rings is 1. The smallest absolute Gasteiger partial charge is 0.150 e. The van der Waals surface area contributed by atoms with E-state index in [1.807, 2.05) is 42.9 Å². The van der Waals surface area contributed by atoms with Gasteiger partial charge in [-0.1, -0.05) is 12.6 Å². The van der Waals surface area contributed by atoms with Crippen molar-refractivity contribution in [2.45, 2.75) is 13.8 Å². The van der Waals surface area contributed by atoms with E-state index in [-0.39, 0.29) is 0 Å². The van der Waals surface area contributed by atoms with Crippen molar-refractivity contribution < 1.29 is 0 Å². The number of hydrogen-bond acceptors (Lipinski definition) is 4. The van der Waals surface area contributed by atoms with Crippen molar-refractivity contribution in [2.24, 2.45) is 0 Å². The Hall–Kier alpha value is -2.37. The Balaban J connectivity index is 1.92. The van der Waals surface area contributed by atoms with Crippen LogP contribution in [0.4, 0.5) is 0 Å². The highest BCUT2D eigenvalue weighted by atomic mass is 32.2. The van der Waals surface area contributed by atoms with Crippen LogP contribution in [0, 0.1) is 6.92 Å². The Labute approximate surface area is 155 Å². The molecule has 0 aliphatic carbocycles. The van der Waals surface area contributed by atoms with Crippen molar-refractivity contribution in [1.29, 1.82) is 0 Å². The molecule has 0 N–H and O–H groups in total. The lowest BCUT2D eigenvalue weighted by Gasteiger charge is -2.07. The summed E-state index contributed by atoms with van der Waals surface area (Å²) in [6.45, 7) is 8.13. The van der Waals surface area contributed by atoms with Gasteiger partial charge in [0.25, 0.3) is 0 Å². The summed E-state index contributed by atoms with van der Waals surface area (Å²) in [6, 6.07) is 10.6. The van der Waals surface area contributed by atoms with Crippen LogP contribution in [-0.4, -0.2) is 13.9 Å². The van der Waals surface area contributed by atoms with Crippen LogP contribution >= 0.6 is 23.3 Å². The van der Waals surface area contributed by atoms with E-state index in [0.717, 1.165) is 21.5 Å². The Kier molecular flexibility index (Phi) is 4.19. The Bertz CT molecular complexity index is 1060. The lowest BCUT2D eigenvalue weighted by Crippen LogP contribution is -1.88. The topological polar surface area (TPSA) is 30.7 Å². The third kappa shape index (κ3) is 3.01. The zero-order valence-corrected chi connectivity index (χ0v) is 15.7. The molecule has 4 rings (SSSR count). The van der Waals surface area contributed by atoms with Gasteiger partial charge in [0.15, 0.2) is 5.65 Å². The van der Waals surface area contributed by atoms with Crippen LogP contribution in [-0.2, 0) is 0 Å². The Morgan fingerprint density at radius 2 is 2.08 bits per heavy atom. The zero-order chi connectivity index (χ0) is 17.4. The number of rotatable bonds is 4. The maximum atomic E-state index is 4.58. The van der Waals surface area contributed by atoms with Gasteiger partial charge < -0.3 is 0 Å². The summed E-state index contributed by atoms with van der Waals surface area (Å²) in [6.07, 6.45) is 7.67. The minimum atomic E-state index is 0.966. The van der Waals surface area contributed by atoms with Crippen LogP contribution in [0.2, 0.25) is 0 Å². The summed E-state index contributed by atoms with van der Waals surface area (Å²) in [5.74, 6) is 0. The second-order valence-electron chi connectivity index (χ2n) is 5.87. The normalized spacial score (nSPS) is 11.1. The molecule has 0 spiro atoms. The molecular weight excluding hydrogens is 346 g/mol. The van der Waals surface area contributed by atoms with Crippen LogP contribution in [0.1, 0.15) is 11.8 Å². The van der Waals surface area contributed by atoms with Gasteiger partial charge in [0.1, 0.15) is 0 Å². The molecule has 0 radical (unpaired) electrons. The molecule has 0 fully saturated rings. The van der Waals surface area contributed by atoms with E-state index < -0.39 is 0 Å². The fourth-order valence-electron chi connectivity index (χ4n) is 2.91. The van der Waals surface area contributed by atoms with Gasteiger partial charge in [0, 0.05) is 56.6 Å². The maximum absolute atomic E-state index is 4.58. The third-order valence-electron chi connectivity index (χ3n) is 3.88. The summed E-state index contributed by atoms with van der Waals surface area (Å²) in [7, 11) is 0. The standard InChI is InChI=1S/C20H17N3S2/c1-13(2)25-23-10-7-17-16(6-9-22-20(17)23)19-18(11-14(3)24-19)15-5-4-8-21-12-15/h4-12H,1H2,2-3H3. The van der Waals surface area contributed by atoms with Gasteiger partial charge in [0.2, 0.25) is 0 Å². The summed E-state index contributed by atoms with van der Waals surface area (Å²) >= 11 is 3.41. The number of pyridine rings is 2. The second kappa shape index (κ2) is 6.50. The van der Waals surface area contributed by atoms with Crippen LogP contribution in [0.15, 0.2) is 66.6 Å². The molecule has 0 bridgehead atoms. The number of allylic oxidation sites excluding steroid dienone is 1. The molecule has 0 saturated carbocycles. The average molecular weight is 364 g/mol. The van der Waals surface area contributed by atoms with E-state index in [1.54, 1.807) is 11.9 Å². The Morgan fingerprint density at radius 1 is 1.20 bits per heavy atom. The predicted octanol–water partition coefficient (Wildman–Crippen LogP) is 6.17. The number of aryl methyl sites for hydroxylation is 1. The van der Waals surface area contributed by atoms with Crippen LogP contribution in [0.3, 0.4) is 0 Å². The van der Waals surface area contributed by atoms with Gasteiger partial charge in [-0.05, 0) is 55.0 Å². The van der Waals surface area contributed by atoms with E-state index >= 15 is 0 Å². The summed E-state index contributed by atoms with van der Waals surface area (Å²) in [4.78, 5) is 12.4.